The molecule has 0 bridgehead atoms. The van der Waals surface area contributed by atoms with E-state index in [4.69, 9.17) is 0 Å². The van der Waals surface area contributed by atoms with Gasteiger partial charge in [0.15, 0.2) is 6.54 Å². The van der Waals surface area contributed by atoms with Crippen molar-refractivity contribution in [3.63, 3.8) is 0 Å². The molecular weight excluding hydrogens is 340 g/mol. The van der Waals surface area contributed by atoms with Crippen molar-refractivity contribution in [2.75, 3.05) is 13.1 Å². The number of quaternary nitrogens is 1. The van der Waals surface area contributed by atoms with Crippen molar-refractivity contribution in [2.45, 2.75) is 31.8 Å². The molecule has 2 aromatic carbocycles. The average Bonchev–Trinajstić information content (AvgIpc) is 3.32. The van der Waals surface area contributed by atoms with Gasteiger partial charge in [-0.1, -0.05) is 48.5 Å². The first kappa shape index (κ1) is 17.3. The summed E-state index contributed by atoms with van der Waals surface area (Å²) in [6.07, 6.45) is 2.38. The summed E-state index contributed by atoms with van der Waals surface area (Å²) in [7, 11) is 0. The molecule has 1 unspecified atom stereocenters. The minimum atomic E-state index is 0.00999. The summed E-state index contributed by atoms with van der Waals surface area (Å²) in [4.78, 5) is 15.5. The van der Waals surface area contributed by atoms with Crippen LogP contribution < -0.4 is 10.2 Å². The normalized spacial score (nSPS) is 21.0. The molecule has 3 nitrogen and oxygen atoms in total. The van der Waals surface area contributed by atoms with Crippen molar-refractivity contribution in [3.8, 4) is 0 Å². The van der Waals surface area contributed by atoms with E-state index in [0.717, 1.165) is 6.54 Å². The molecule has 2 heterocycles. The minimum Gasteiger partial charge on any atom is -0.345 e. The smallest absolute Gasteiger partial charge is 0.275 e. The van der Waals surface area contributed by atoms with Gasteiger partial charge in [-0.3, -0.25) is 4.79 Å². The molecule has 3 atom stereocenters. The fourth-order valence-electron chi connectivity index (χ4n) is 4.16. The Hall–Kier alpha value is -2.17. The Kier molecular flexibility index (Phi) is 5.05. The van der Waals surface area contributed by atoms with E-state index in [2.05, 4.69) is 72.2 Å². The van der Waals surface area contributed by atoms with Gasteiger partial charge in [0.25, 0.3) is 5.91 Å². The average molecular weight is 366 g/mol. The number of rotatable bonds is 5. The fourth-order valence-corrected chi connectivity index (χ4v) is 5.08. The van der Waals surface area contributed by atoms with Gasteiger partial charge in [-0.05, 0) is 34.7 Å². The molecule has 1 amide bonds. The Morgan fingerprint density at radius 3 is 2.88 bits per heavy atom. The zero-order chi connectivity index (χ0) is 17.9. The molecule has 134 valence electrons. The van der Waals surface area contributed by atoms with Gasteiger partial charge in [0.05, 0.1) is 17.5 Å². The number of amides is 1. The highest BCUT2D eigenvalue weighted by Crippen LogP contribution is 2.25. The van der Waals surface area contributed by atoms with E-state index in [-0.39, 0.29) is 11.9 Å². The standard InChI is InChI=1S/C22H24N2OS/c1-16(18-10-4-8-17-7-2-3-9-19(17)18)23-22(25)15-24-13-5-11-20(24)21-12-6-14-26-21/h2-4,6-10,12,14,16,20H,5,11,13,15H2,1H3,(H,23,25)/p+1/t16-,20-/m1/s1. The number of fused-ring (bicyclic) bond motifs is 1. The van der Waals surface area contributed by atoms with Crippen LogP contribution in [0.3, 0.4) is 0 Å². The predicted molar refractivity (Wildman–Crippen MR) is 107 cm³/mol. The van der Waals surface area contributed by atoms with E-state index in [1.165, 1.54) is 39.0 Å². The zero-order valence-corrected chi connectivity index (χ0v) is 15.9. The molecule has 0 spiro atoms. The van der Waals surface area contributed by atoms with Crippen LogP contribution in [0, 0.1) is 0 Å². The van der Waals surface area contributed by atoms with Crippen LogP contribution >= 0.6 is 11.3 Å². The molecule has 26 heavy (non-hydrogen) atoms. The third-order valence-corrected chi connectivity index (χ3v) is 6.41. The summed E-state index contributed by atoms with van der Waals surface area (Å²) in [5, 5.41) is 7.79. The number of hydrogen-bond acceptors (Lipinski definition) is 2. The number of carbonyl (C=O) groups excluding carboxylic acids is 1. The largest absolute Gasteiger partial charge is 0.345 e. The van der Waals surface area contributed by atoms with Gasteiger partial charge >= 0.3 is 0 Å². The molecule has 1 saturated heterocycles. The quantitative estimate of drug-likeness (QED) is 0.713. The molecule has 1 aliphatic heterocycles. The van der Waals surface area contributed by atoms with Gasteiger partial charge in [0, 0.05) is 12.8 Å². The Morgan fingerprint density at radius 2 is 2.04 bits per heavy atom. The topological polar surface area (TPSA) is 33.5 Å². The second kappa shape index (κ2) is 7.60. The Morgan fingerprint density at radius 1 is 1.19 bits per heavy atom. The first-order valence-electron chi connectivity index (χ1n) is 9.37. The van der Waals surface area contributed by atoms with Crippen LogP contribution in [0.25, 0.3) is 10.8 Å². The molecule has 1 fully saturated rings. The van der Waals surface area contributed by atoms with Gasteiger partial charge < -0.3 is 10.2 Å². The van der Waals surface area contributed by atoms with Crippen LogP contribution in [0.5, 0.6) is 0 Å². The van der Waals surface area contributed by atoms with E-state index in [1.807, 2.05) is 11.3 Å². The maximum atomic E-state index is 12.7. The van der Waals surface area contributed by atoms with Crippen molar-refractivity contribution in [2.24, 2.45) is 0 Å². The number of likely N-dealkylation sites (tertiary alicyclic amines) is 1. The van der Waals surface area contributed by atoms with E-state index in [1.54, 1.807) is 0 Å². The molecule has 0 saturated carbocycles. The number of carbonyl (C=O) groups is 1. The third kappa shape index (κ3) is 3.53. The number of thiophene rings is 1. The molecule has 3 aromatic rings. The van der Waals surface area contributed by atoms with Gasteiger partial charge in [-0.15, -0.1) is 11.3 Å². The summed E-state index contributed by atoms with van der Waals surface area (Å²) in [6.45, 7) is 3.71. The molecule has 4 heteroatoms. The SMILES string of the molecule is C[C@@H](NC(=O)C[NH+]1CCC[C@@H]1c1cccs1)c1cccc2ccccc12. The van der Waals surface area contributed by atoms with Gasteiger partial charge in [-0.2, -0.15) is 0 Å². The molecule has 4 rings (SSSR count). The van der Waals surface area contributed by atoms with Crippen molar-refractivity contribution >= 4 is 28.0 Å². The summed E-state index contributed by atoms with van der Waals surface area (Å²) in [5.74, 6) is 0.142. The van der Waals surface area contributed by atoms with Crippen molar-refractivity contribution < 1.29 is 9.69 Å². The van der Waals surface area contributed by atoms with E-state index < -0.39 is 0 Å². The summed E-state index contributed by atoms with van der Waals surface area (Å²) >= 11 is 1.81. The second-order valence-corrected chi connectivity index (χ2v) is 8.13. The summed E-state index contributed by atoms with van der Waals surface area (Å²) in [5.41, 5.74) is 1.18. The first-order valence-corrected chi connectivity index (χ1v) is 10.3. The van der Waals surface area contributed by atoms with Crippen molar-refractivity contribution in [1.82, 2.24) is 5.32 Å². The highest BCUT2D eigenvalue weighted by atomic mass is 32.1. The van der Waals surface area contributed by atoms with Gasteiger partial charge in [-0.25, -0.2) is 0 Å². The first-order chi connectivity index (χ1) is 12.7. The van der Waals surface area contributed by atoms with Crippen LogP contribution in [0.2, 0.25) is 0 Å². The lowest BCUT2D eigenvalue weighted by Crippen LogP contribution is -3.11. The van der Waals surface area contributed by atoms with E-state index in [9.17, 15) is 4.79 Å². The molecular formula is C22H25N2OS+. The highest BCUT2D eigenvalue weighted by Gasteiger charge is 2.32. The monoisotopic (exact) mass is 365 g/mol. The van der Waals surface area contributed by atoms with Crippen LogP contribution in [0.15, 0.2) is 60.0 Å². The van der Waals surface area contributed by atoms with Crippen LogP contribution in [0.1, 0.15) is 42.3 Å². The summed E-state index contributed by atoms with van der Waals surface area (Å²) in [6, 6.07) is 19.5. The van der Waals surface area contributed by atoms with Gasteiger partial charge in [0.2, 0.25) is 0 Å². The Bertz CT molecular complexity index is 885. The van der Waals surface area contributed by atoms with E-state index >= 15 is 0 Å². The Labute approximate surface area is 158 Å². The molecule has 1 aliphatic rings. The van der Waals surface area contributed by atoms with Crippen LogP contribution in [-0.4, -0.2) is 19.0 Å². The maximum absolute atomic E-state index is 12.7. The second-order valence-electron chi connectivity index (χ2n) is 7.15. The number of nitrogens with one attached hydrogen (secondary N) is 2. The molecule has 1 aromatic heterocycles. The highest BCUT2D eigenvalue weighted by molar-refractivity contribution is 7.10. The maximum Gasteiger partial charge on any atom is 0.275 e. The van der Waals surface area contributed by atoms with Gasteiger partial charge in [0.1, 0.15) is 6.04 Å². The zero-order valence-electron chi connectivity index (χ0n) is 15.1. The number of hydrogen-bond donors (Lipinski definition) is 2. The lowest BCUT2D eigenvalue weighted by atomic mass is 10.00. The van der Waals surface area contributed by atoms with Crippen LogP contribution in [-0.2, 0) is 4.79 Å². The van der Waals surface area contributed by atoms with Crippen molar-refractivity contribution in [3.05, 3.63) is 70.4 Å². The molecule has 0 aliphatic carbocycles. The predicted octanol–water partition coefficient (Wildman–Crippen LogP) is 3.50. The summed E-state index contributed by atoms with van der Waals surface area (Å²) < 4.78 is 0. The van der Waals surface area contributed by atoms with E-state index in [0.29, 0.717) is 12.6 Å². The fraction of sp³-hybridized carbons (Fsp3) is 0.318. The lowest BCUT2D eigenvalue weighted by molar-refractivity contribution is -0.910. The lowest BCUT2D eigenvalue weighted by Gasteiger charge is -2.22. The molecule has 0 radical (unpaired) electrons. The van der Waals surface area contributed by atoms with Crippen molar-refractivity contribution in [1.29, 1.82) is 0 Å². The third-order valence-electron chi connectivity index (χ3n) is 5.43. The molecule has 2 N–H and O–H groups in total. The minimum absolute atomic E-state index is 0.00999. The number of benzene rings is 2. The Balaban J connectivity index is 1.44. The van der Waals surface area contributed by atoms with Crippen LogP contribution in [0.4, 0.5) is 0 Å².